The predicted octanol–water partition coefficient (Wildman–Crippen LogP) is -0.647. The molecule has 1 aliphatic heterocycles. The third-order valence-electron chi connectivity index (χ3n) is 2.46. The third-order valence-corrected chi connectivity index (χ3v) is 2.46. The van der Waals surface area contributed by atoms with Gasteiger partial charge in [-0.05, 0) is 6.92 Å². The zero-order valence-corrected chi connectivity index (χ0v) is 9.52. The first-order chi connectivity index (χ1) is 8.16. The first kappa shape index (κ1) is 11.6. The van der Waals surface area contributed by atoms with Crippen LogP contribution < -0.4 is 10.6 Å². The van der Waals surface area contributed by atoms with Crippen molar-refractivity contribution in [1.29, 1.82) is 0 Å². The number of aryl methyl sites for hydroxylation is 1. The number of piperazine rings is 1. The van der Waals surface area contributed by atoms with Crippen LogP contribution in [-0.2, 0) is 9.59 Å². The van der Waals surface area contributed by atoms with E-state index in [1.54, 1.807) is 13.0 Å². The lowest BCUT2D eigenvalue weighted by Gasteiger charge is -2.26. The first-order valence-electron chi connectivity index (χ1n) is 5.41. The van der Waals surface area contributed by atoms with E-state index in [-0.39, 0.29) is 5.88 Å². The van der Waals surface area contributed by atoms with Gasteiger partial charge in [0.05, 0.1) is 5.69 Å². The second kappa shape index (κ2) is 4.96. The topological polar surface area (TPSA) is 87.5 Å². The van der Waals surface area contributed by atoms with E-state index in [0.29, 0.717) is 31.9 Å². The van der Waals surface area contributed by atoms with Gasteiger partial charge in [-0.3, -0.25) is 14.9 Å². The molecule has 1 aromatic heterocycles. The van der Waals surface area contributed by atoms with Crippen LogP contribution in [0.3, 0.4) is 0 Å². The van der Waals surface area contributed by atoms with Gasteiger partial charge < -0.3 is 14.7 Å². The summed E-state index contributed by atoms with van der Waals surface area (Å²) in [4.78, 5) is 24.9. The van der Waals surface area contributed by atoms with Gasteiger partial charge in [-0.2, -0.15) is 0 Å². The minimum atomic E-state index is -0.692. The highest BCUT2D eigenvalue weighted by molar-refractivity contribution is 6.39. The fourth-order valence-corrected chi connectivity index (χ4v) is 1.60. The number of carbonyl (C=O) groups is 2. The molecule has 0 aliphatic carbocycles. The van der Waals surface area contributed by atoms with Crippen LogP contribution in [0.2, 0.25) is 0 Å². The molecular weight excluding hydrogens is 224 g/mol. The summed E-state index contributed by atoms with van der Waals surface area (Å²) in [5.74, 6) is -1.04. The van der Waals surface area contributed by atoms with Crippen LogP contribution in [0, 0.1) is 6.92 Å². The zero-order chi connectivity index (χ0) is 12.3. The number of aromatic nitrogens is 1. The average Bonchev–Trinajstić information content (AvgIpc) is 2.75. The Hall–Kier alpha value is -1.89. The van der Waals surface area contributed by atoms with Crippen LogP contribution >= 0.6 is 0 Å². The number of amides is 2. The molecule has 0 atom stereocenters. The van der Waals surface area contributed by atoms with E-state index in [4.69, 9.17) is 4.52 Å². The lowest BCUT2D eigenvalue weighted by Crippen LogP contribution is -2.49. The van der Waals surface area contributed by atoms with E-state index in [9.17, 15) is 9.59 Å². The van der Waals surface area contributed by atoms with Gasteiger partial charge in [-0.1, -0.05) is 5.16 Å². The molecule has 1 aliphatic rings. The summed E-state index contributed by atoms with van der Waals surface area (Å²) in [7, 11) is 0. The van der Waals surface area contributed by atoms with Crippen molar-refractivity contribution >= 4 is 17.7 Å². The quantitative estimate of drug-likeness (QED) is 0.635. The fraction of sp³-hybridized carbons (Fsp3) is 0.500. The standard InChI is InChI=1S/C10H14N4O3/c1-7-6-8(17-13-7)12-9(15)10(16)14-4-2-11-3-5-14/h6,11H,2-5H2,1H3,(H,12,15). The highest BCUT2D eigenvalue weighted by Crippen LogP contribution is 2.08. The van der Waals surface area contributed by atoms with Crippen LogP contribution in [0.4, 0.5) is 5.88 Å². The fourth-order valence-electron chi connectivity index (χ4n) is 1.60. The van der Waals surface area contributed by atoms with Crippen LogP contribution in [-0.4, -0.2) is 48.0 Å². The molecule has 0 radical (unpaired) electrons. The van der Waals surface area contributed by atoms with Crippen molar-refractivity contribution in [2.75, 3.05) is 31.5 Å². The Kier molecular flexibility index (Phi) is 3.38. The summed E-state index contributed by atoms with van der Waals surface area (Å²) >= 11 is 0. The molecule has 7 nitrogen and oxygen atoms in total. The number of anilines is 1. The predicted molar refractivity (Wildman–Crippen MR) is 59.3 cm³/mol. The third kappa shape index (κ3) is 2.82. The van der Waals surface area contributed by atoms with Crippen LogP contribution in [0.5, 0.6) is 0 Å². The van der Waals surface area contributed by atoms with E-state index in [0.717, 1.165) is 0 Å². The molecule has 1 fully saturated rings. The minimum absolute atomic E-state index is 0.191. The highest BCUT2D eigenvalue weighted by atomic mass is 16.5. The molecule has 0 aromatic carbocycles. The Labute approximate surface area is 98.1 Å². The lowest BCUT2D eigenvalue weighted by molar-refractivity contribution is -0.143. The van der Waals surface area contributed by atoms with Crippen molar-refractivity contribution < 1.29 is 14.1 Å². The number of nitrogens with one attached hydrogen (secondary N) is 2. The Balaban J connectivity index is 1.92. The van der Waals surface area contributed by atoms with E-state index >= 15 is 0 Å². The second-order valence-electron chi connectivity index (χ2n) is 3.83. The van der Waals surface area contributed by atoms with Crippen molar-refractivity contribution in [3.05, 3.63) is 11.8 Å². The highest BCUT2D eigenvalue weighted by Gasteiger charge is 2.23. The van der Waals surface area contributed by atoms with Crippen molar-refractivity contribution in [3.63, 3.8) is 0 Å². The zero-order valence-electron chi connectivity index (χ0n) is 9.52. The number of nitrogens with zero attached hydrogens (tertiary/aromatic N) is 2. The number of carbonyl (C=O) groups excluding carboxylic acids is 2. The molecule has 0 saturated carbocycles. The summed E-state index contributed by atoms with van der Waals surface area (Å²) in [5.41, 5.74) is 0.648. The molecule has 1 aromatic rings. The molecule has 1 saturated heterocycles. The van der Waals surface area contributed by atoms with Crippen LogP contribution in [0.1, 0.15) is 5.69 Å². The average molecular weight is 238 g/mol. The molecule has 2 rings (SSSR count). The Morgan fingerprint density at radius 1 is 1.47 bits per heavy atom. The summed E-state index contributed by atoms with van der Waals surface area (Å²) in [6, 6.07) is 1.56. The monoisotopic (exact) mass is 238 g/mol. The second-order valence-corrected chi connectivity index (χ2v) is 3.83. The van der Waals surface area contributed by atoms with Gasteiger partial charge in [0, 0.05) is 32.2 Å². The van der Waals surface area contributed by atoms with Crippen molar-refractivity contribution in [3.8, 4) is 0 Å². The van der Waals surface area contributed by atoms with E-state index < -0.39 is 11.8 Å². The van der Waals surface area contributed by atoms with Crippen molar-refractivity contribution in [2.45, 2.75) is 6.92 Å². The molecule has 92 valence electrons. The van der Waals surface area contributed by atoms with Crippen molar-refractivity contribution in [1.82, 2.24) is 15.4 Å². The Morgan fingerprint density at radius 2 is 2.18 bits per heavy atom. The number of hydrogen-bond donors (Lipinski definition) is 2. The van der Waals surface area contributed by atoms with Gasteiger partial charge >= 0.3 is 11.8 Å². The molecule has 0 spiro atoms. The van der Waals surface area contributed by atoms with Crippen LogP contribution in [0.25, 0.3) is 0 Å². The van der Waals surface area contributed by atoms with Gasteiger partial charge in [-0.25, -0.2) is 0 Å². The molecular formula is C10H14N4O3. The molecule has 0 bridgehead atoms. The van der Waals surface area contributed by atoms with Gasteiger partial charge in [0.1, 0.15) is 0 Å². The summed E-state index contributed by atoms with van der Waals surface area (Å²) in [6.07, 6.45) is 0. The molecule has 7 heteroatoms. The maximum absolute atomic E-state index is 11.7. The van der Waals surface area contributed by atoms with Gasteiger partial charge in [0.25, 0.3) is 0 Å². The molecule has 2 heterocycles. The normalized spacial score (nSPS) is 15.7. The van der Waals surface area contributed by atoms with Crippen molar-refractivity contribution in [2.24, 2.45) is 0 Å². The maximum Gasteiger partial charge on any atom is 0.316 e. The number of rotatable bonds is 1. The van der Waals surface area contributed by atoms with Gasteiger partial charge in [0.15, 0.2) is 0 Å². The summed E-state index contributed by atoms with van der Waals surface area (Å²) in [6.45, 7) is 4.24. The molecule has 2 N–H and O–H groups in total. The van der Waals surface area contributed by atoms with E-state index in [1.165, 1.54) is 4.90 Å². The molecule has 0 unspecified atom stereocenters. The first-order valence-corrected chi connectivity index (χ1v) is 5.41. The molecule has 17 heavy (non-hydrogen) atoms. The largest absolute Gasteiger partial charge is 0.338 e. The maximum atomic E-state index is 11.7. The SMILES string of the molecule is Cc1cc(NC(=O)C(=O)N2CCNCC2)on1. The van der Waals surface area contributed by atoms with E-state index in [1.807, 2.05) is 0 Å². The summed E-state index contributed by atoms with van der Waals surface area (Å²) < 4.78 is 4.81. The number of hydrogen-bond acceptors (Lipinski definition) is 5. The Bertz CT molecular complexity index is 423. The smallest absolute Gasteiger partial charge is 0.316 e. The van der Waals surface area contributed by atoms with E-state index in [2.05, 4.69) is 15.8 Å². The minimum Gasteiger partial charge on any atom is -0.338 e. The van der Waals surface area contributed by atoms with Gasteiger partial charge in [-0.15, -0.1) is 0 Å². The lowest BCUT2D eigenvalue weighted by atomic mass is 10.3. The summed E-state index contributed by atoms with van der Waals surface area (Å²) in [5, 5.41) is 9.10. The van der Waals surface area contributed by atoms with Gasteiger partial charge in [0.2, 0.25) is 5.88 Å². The Morgan fingerprint density at radius 3 is 2.76 bits per heavy atom. The molecule has 2 amide bonds. The van der Waals surface area contributed by atoms with Crippen LogP contribution in [0.15, 0.2) is 10.6 Å².